The summed E-state index contributed by atoms with van der Waals surface area (Å²) in [5.41, 5.74) is 7.65. The average molecular weight is 288 g/mol. The smallest absolute Gasteiger partial charge is 0.271 e. The van der Waals surface area contributed by atoms with Crippen molar-refractivity contribution in [3.05, 3.63) is 40.8 Å². The van der Waals surface area contributed by atoms with Crippen LogP contribution in [0, 0.1) is 6.92 Å². The fraction of sp³-hybridized carbons (Fsp3) is 0.167. The fourth-order valence-corrected chi connectivity index (χ4v) is 2.40. The Labute approximate surface area is 118 Å². The van der Waals surface area contributed by atoms with E-state index in [-0.39, 0.29) is 5.91 Å². The van der Waals surface area contributed by atoms with Crippen LogP contribution in [0.5, 0.6) is 0 Å². The van der Waals surface area contributed by atoms with E-state index in [1.54, 1.807) is 6.20 Å². The molecule has 0 spiro atoms. The number of carbonyl (C=O) groups is 1. The fourth-order valence-electron chi connectivity index (χ4n) is 1.85. The van der Waals surface area contributed by atoms with E-state index in [4.69, 9.17) is 5.73 Å². The summed E-state index contributed by atoms with van der Waals surface area (Å²) in [5, 5.41) is 11.3. The highest BCUT2D eigenvalue weighted by atomic mass is 32.1. The number of carbonyl (C=O) groups excluding carboxylic acids is 1. The first kappa shape index (κ1) is 12.5. The van der Waals surface area contributed by atoms with Crippen molar-refractivity contribution in [3.63, 3.8) is 0 Å². The molecule has 0 aliphatic carbocycles. The first-order chi connectivity index (χ1) is 9.63. The van der Waals surface area contributed by atoms with Crippen LogP contribution in [0.2, 0.25) is 0 Å². The maximum Gasteiger partial charge on any atom is 0.271 e. The number of imidazole rings is 1. The van der Waals surface area contributed by atoms with Crippen molar-refractivity contribution in [1.29, 1.82) is 0 Å². The Morgan fingerprint density at radius 1 is 1.50 bits per heavy atom. The monoisotopic (exact) mass is 288 g/mol. The van der Waals surface area contributed by atoms with E-state index in [1.165, 1.54) is 11.3 Å². The second-order valence-corrected chi connectivity index (χ2v) is 5.36. The number of aryl methyl sites for hydroxylation is 1. The number of nitrogens with two attached hydrogens (primary N) is 1. The lowest BCUT2D eigenvalue weighted by Crippen LogP contribution is -2.23. The van der Waals surface area contributed by atoms with Gasteiger partial charge in [0.05, 0.1) is 6.54 Å². The summed E-state index contributed by atoms with van der Waals surface area (Å²) in [5.74, 6) is -0.248. The molecule has 0 saturated carbocycles. The maximum atomic E-state index is 12.0. The molecule has 0 unspecified atom stereocenters. The molecule has 20 heavy (non-hydrogen) atoms. The third-order valence-electron chi connectivity index (χ3n) is 2.79. The second-order valence-electron chi connectivity index (χ2n) is 4.26. The summed E-state index contributed by atoms with van der Waals surface area (Å²) in [6, 6.07) is 3.86. The Kier molecular flexibility index (Phi) is 3.07. The van der Waals surface area contributed by atoms with Crippen molar-refractivity contribution >= 4 is 28.0 Å². The lowest BCUT2D eigenvalue weighted by molar-refractivity contribution is 0.0946. The van der Waals surface area contributed by atoms with Crippen LogP contribution in [-0.2, 0) is 6.54 Å². The minimum Gasteiger partial charge on any atom is -0.374 e. The van der Waals surface area contributed by atoms with E-state index in [2.05, 4.69) is 20.5 Å². The van der Waals surface area contributed by atoms with Crippen LogP contribution < -0.4 is 11.1 Å². The quantitative estimate of drug-likeness (QED) is 0.749. The van der Waals surface area contributed by atoms with E-state index in [0.29, 0.717) is 22.4 Å². The number of hydrogen-bond donors (Lipinski definition) is 2. The first-order valence-corrected chi connectivity index (χ1v) is 6.75. The van der Waals surface area contributed by atoms with Gasteiger partial charge in [-0.1, -0.05) is 17.4 Å². The third kappa shape index (κ3) is 2.32. The van der Waals surface area contributed by atoms with Gasteiger partial charge in [0.15, 0.2) is 0 Å². The third-order valence-corrected chi connectivity index (χ3v) is 3.55. The van der Waals surface area contributed by atoms with Crippen molar-refractivity contribution in [2.75, 3.05) is 5.73 Å². The number of anilines is 1. The molecule has 1 amide bonds. The Morgan fingerprint density at radius 2 is 2.35 bits per heavy atom. The van der Waals surface area contributed by atoms with Crippen LogP contribution in [0.3, 0.4) is 0 Å². The number of pyridine rings is 1. The number of nitrogen functional groups attached to an aromatic ring is 1. The van der Waals surface area contributed by atoms with Gasteiger partial charge in [0, 0.05) is 12.4 Å². The summed E-state index contributed by atoms with van der Waals surface area (Å²) >= 11 is 1.25. The molecule has 102 valence electrons. The summed E-state index contributed by atoms with van der Waals surface area (Å²) in [4.78, 5) is 16.4. The van der Waals surface area contributed by atoms with Crippen molar-refractivity contribution in [2.45, 2.75) is 13.5 Å². The van der Waals surface area contributed by atoms with Crippen molar-refractivity contribution < 1.29 is 4.79 Å². The van der Waals surface area contributed by atoms with E-state index < -0.39 is 0 Å². The summed E-state index contributed by atoms with van der Waals surface area (Å²) < 4.78 is 1.83. The first-order valence-electron chi connectivity index (χ1n) is 5.94. The number of fused-ring (bicyclic) bond motifs is 1. The summed E-state index contributed by atoms with van der Waals surface area (Å²) in [6.45, 7) is 2.24. The zero-order valence-electron chi connectivity index (χ0n) is 10.7. The van der Waals surface area contributed by atoms with Crippen molar-refractivity contribution in [3.8, 4) is 0 Å². The second kappa shape index (κ2) is 4.89. The molecule has 0 aliphatic heterocycles. The average Bonchev–Trinajstić information content (AvgIpc) is 3.03. The van der Waals surface area contributed by atoms with Gasteiger partial charge < -0.3 is 15.5 Å². The molecule has 0 aliphatic rings. The molecule has 0 radical (unpaired) electrons. The highest BCUT2D eigenvalue weighted by Gasteiger charge is 2.12. The van der Waals surface area contributed by atoms with E-state index in [9.17, 15) is 4.79 Å². The zero-order valence-corrected chi connectivity index (χ0v) is 11.5. The molecule has 0 atom stereocenters. The van der Waals surface area contributed by atoms with Gasteiger partial charge in [-0.05, 0) is 18.6 Å². The molecule has 3 aromatic rings. The largest absolute Gasteiger partial charge is 0.374 e. The highest BCUT2D eigenvalue weighted by Crippen LogP contribution is 2.12. The van der Waals surface area contributed by atoms with Crippen molar-refractivity contribution in [1.82, 2.24) is 24.9 Å². The number of aromatic nitrogens is 4. The Morgan fingerprint density at radius 3 is 3.05 bits per heavy atom. The van der Waals surface area contributed by atoms with E-state index >= 15 is 0 Å². The van der Waals surface area contributed by atoms with Gasteiger partial charge in [-0.2, -0.15) is 0 Å². The Hall–Kier alpha value is -2.48. The van der Waals surface area contributed by atoms with Crippen molar-refractivity contribution in [2.24, 2.45) is 0 Å². The molecule has 3 heterocycles. The molecule has 0 fully saturated rings. The predicted octanol–water partition coefficient (Wildman–Crippen LogP) is 1.01. The van der Waals surface area contributed by atoms with Gasteiger partial charge in [0.2, 0.25) is 5.13 Å². The normalized spacial score (nSPS) is 10.8. The van der Waals surface area contributed by atoms with Gasteiger partial charge >= 0.3 is 0 Å². The zero-order chi connectivity index (χ0) is 14.1. The molecule has 8 heteroatoms. The molecular weight excluding hydrogens is 276 g/mol. The van der Waals surface area contributed by atoms with Gasteiger partial charge in [-0.3, -0.25) is 4.79 Å². The molecule has 0 aromatic carbocycles. The Balaban J connectivity index is 1.77. The van der Waals surface area contributed by atoms with Crippen LogP contribution in [0.25, 0.3) is 5.65 Å². The number of nitrogens with one attached hydrogen (secondary N) is 1. The van der Waals surface area contributed by atoms with Gasteiger partial charge in [0.25, 0.3) is 5.91 Å². The molecular formula is C12H12N6OS. The Bertz CT molecular complexity index is 777. The van der Waals surface area contributed by atoms with Gasteiger partial charge in [-0.15, -0.1) is 10.2 Å². The lowest BCUT2D eigenvalue weighted by atomic mass is 10.3. The standard InChI is InChI=1S/C12H12N6OS/c1-7-3-2-4-18-6-8(15-10(7)18)11(19)14-5-9-16-17-12(13)20-9/h2-4,6H,5H2,1H3,(H2,13,17)(H,14,19). The predicted molar refractivity (Wildman–Crippen MR) is 75.4 cm³/mol. The lowest BCUT2D eigenvalue weighted by Gasteiger charge is -1.98. The summed E-state index contributed by atoms with van der Waals surface area (Å²) in [6.07, 6.45) is 3.56. The molecule has 3 N–H and O–H groups in total. The van der Waals surface area contributed by atoms with Crippen LogP contribution in [0.4, 0.5) is 5.13 Å². The van der Waals surface area contributed by atoms with Crippen LogP contribution in [-0.4, -0.2) is 25.5 Å². The van der Waals surface area contributed by atoms with Crippen LogP contribution in [0.1, 0.15) is 21.1 Å². The number of amides is 1. The minimum atomic E-state index is -0.248. The molecule has 0 saturated heterocycles. The van der Waals surface area contributed by atoms with E-state index in [0.717, 1.165) is 11.2 Å². The number of rotatable bonds is 3. The van der Waals surface area contributed by atoms with E-state index in [1.807, 2.05) is 29.7 Å². The minimum absolute atomic E-state index is 0.248. The van der Waals surface area contributed by atoms with Crippen LogP contribution in [0.15, 0.2) is 24.5 Å². The topological polar surface area (TPSA) is 98.2 Å². The highest BCUT2D eigenvalue weighted by molar-refractivity contribution is 7.15. The number of hydrogen-bond acceptors (Lipinski definition) is 6. The maximum absolute atomic E-state index is 12.0. The molecule has 7 nitrogen and oxygen atoms in total. The van der Waals surface area contributed by atoms with Crippen LogP contribution >= 0.6 is 11.3 Å². The molecule has 3 aromatic heterocycles. The SMILES string of the molecule is Cc1cccn2cc(C(=O)NCc3nnc(N)s3)nc12. The van der Waals surface area contributed by atoms with Gasteiger partial charge in [-0.25, -0.2) is 4.98 Å². The molecule has 0 bridgehead atoms. The summed E-state index contributed by atoms with van der Waals surface area (Å²) in [7, 11) is 0. The molecule has 3 rings (SSSR count). The van der Waals surface area contributed by atoms with Gasteiger partial charge in [0.1, 0.15) is 16.3 Å². The number of nitrogens with zero attached hydrogens (tertiary/aromatic N) is 4.